The van der Waals surface area contributed by atoms with E-state index in [1.165, 1.54) is 6.33 Å². The molecule has 0 unspecified atom stereocenters. The maximum atomic E-state index is 11.8. The van der Waals surface area contributed by atoms with Crippen LogP contribution in [-0.4, -0.2) is 74.4 Å². The molecule has 0 spiro atoms. The lowest BCUT2D eigenvalue weighted by Crippen LogP contribution is -2.34. The Morgan fingerprint density at radius 1 is 0.846 bits per heavy atom. The van der Waals surface area contributed by atoms with Crippen LogP contribution in [0, 0.1) is 0 Å². The average Bonchev–Trinajstić information content (AvgIpc) is 3.93. The van der Waals surface area contributed by atoms with Gasteiger partial charge >= 0.3 is 0 Å². The van der Waals surface area contributed by atoms with Crippen LogP contribution in [0.2, 0.25) is 0 Å². The highest BCUT2D eigenvalue weighted by molar-refractivity contribution is 5.84. The summed E-state index contributed by atoms with van der Waals surface area (Å²) in [5.41, 5.74) is 3.80. The smallest absolute Gasteiger partial charge is 0.293 e. The topological polar surface area (TPSA) is 180 Å². The second kappa shape index (κ2) is 16.1. The number of carbonyl (C=O) groups is 2. The number of hydrogen-bond donors (Lipinski definition) is 3. The number of ether oxygens (including phenoxy) is 3. The zero-order valence-electron chi connectivity index (χ0n) is 28.2. The number of hydrogen-bond acceptors (Lipinski definition) is 14. The van der Waals surface area contributed by atoms with Crippen LogP contribution in [0.25, 0.3) is 11.2 Å². The van der Waals surface area contributed by atoms with Gasteiger partial charge in [-0.1, -0.05) is 78.8 Å². The van der Waals surface area contributed by atoms with Crippen molar-refractivity contribution < 1.29 is 28.3 Å². The van der Waals surface area contributed by atoms with E-state index in [1.807, 2.05) is 61.5 Å². The molecule has 0 amide bonds. The molecular formula is C37H37N9O6. The largest absolute Gasteiger partial charge is 0.457 e. The molecule has 6 aromatic rings. The van der Waals surface area contributed by atoms with Gasteiger partial charge in [0.1, 0.15) is 5.82 Å². The molecule has 0 bridgehead atoms. The van der Waals surface area contributed by atoms with E-state index in [9.17, 15) is 9.59 Å². The fourth-order valence-electron chi connectivity index (χ4n) is 6.28. The molecule has 3 N–H and O–H groups in total. The van der Waals surface area contributed by atoms with Crippen molar-refractivity contribution in [3.63, 3.8) is 0 Å². The molecule has 5 heterocycles. The Balaban J connectivity index is 1.23. The Morgan fingerprint density at radius 2 is 1.56 bits per heavy atom. The third-order valence-electron chi connectivity index (χ3n) is 8.79. The maximum Gasteiger partial charge on any atom is 0.293 e. The van der Waals surface area contributed by atoms with E-state index in [-0.39, 0.29) is 12.4 Å². The van der Waals surface area contributed by atoms with E-state index in [4.69, 9.17) is 33.7 Å². The number of nitrogens with zero attached hydrogens (tertiary/aromatic N) is 6. The molecule has 7 rings (SSSR count). The van der Waals surface area contributed by atoms with Crippen LogP contribution >= 0.6 is 0 Å². The van der Waals surface area contributed by atoms with Gasteiger partial charge in [-0.25, -0.2) is 9.97 Å². The van der Waals surface area contributed by atoms with Crippen LogP contribution in [0.3, 0.4) is 0 Å². The van der Waals surface area contributed by atoms with E-state index < -0.39 is 24.5 Å². The van der Waals surface area contributed by atoms with E-state index in [1.54, 1.807) is 16.8 Å². The molecule has 0 aliphatic carbocycles. The number of carbonyl (C=O) groups excluding carboxylic acids is 2. The lowest BCUT2D eigenvalue weighted by Gasteiger charge is -2.21. The van der Waals surface area contributed by atoms with Gasteiger partial charge in [0.05, 0.1) is 12.0 Å². The molecule has 15 heteroatoms. The van der Waals surface area contributed by atoms with Crippen molar-refractivity contribution in [3.05, 3.63) is 120 Å². The van der Waals surface area contributed by atoms with Crippen molar-refractivity contribution in [2.24, 2.45) is 0 Å². The second-order valence-corrected chi connectivity index (χ2v) is 12.0. The number of aryl methyl sites for hydroxylation is 1. The SMILES string of the molecule is CCc1cc([C@H]2O[C@@H](n3cnc4c(NCC(c5ccccc5)c5ccccc5)nc(NCCNc5ccccn5)nc43)[C@H](OC=O)[C@@H]2OC=O)on1. The summed E-state index contributed by atoms with van der Waals surface area (Å²) in [6.07, 6.45) is -0.194. The van der Waals surface area contributed by atoms with Gasteiger partial charge in [0.15, 0.2) is 47.3 Å². The number of anilines is 3. The van der Waals surface area contributed by atoms with Crippen LogP contribution in [0.4, 0.5) is 17.6 Å². The number of rotatable bonds is 17. The van der Waals surface area contributed by atoms with Gasteiger partial charge in [0.25, 0.3) is 12.9 Å². The highest BCUT2D eigenvalue weighted by Gasteiger charge is 2.51. The predicted molar refractivity (Wildman–Crippen MR) is 190 cm³/mol. The first-order valence-corrected chi connectivity index (χ1v) is 16.9. The molecule has 1 fully saturated rings. The Labute approximate surface area is 298 Å². The fraction of sp³-hybridized carbons (Fsp3) is 0.270. The molecule has 266 valence electrons. The number of aromatic nitrogens is 6. The van der Waals surface area contributed by atoms with Crippen molar-refractivity contribution in [3.8, 4) is 0 Å². The fourth-order valence-corrected chi connectivity index (χ4v) is 6.28. The number of pyridine rings is 1. The van der Waals surface area contributed by atoms with Crippen molar-refractivity contribution in [2.75, 3.05) is 35.6 Å². The Morgan fingerprint density at radius 3 is 2.23 bits per heavy atom. The molecule has 4 atom stereocenters. The Bertz CT molecular complexity index is 2020. The highest BCUT2D eigenvalue weighted by atomic mass is 16.6. The molecule has 2 aromatic carbocycles. The highest BCUT2D eigenvalue weighted by Crippen LogP contribution is 2.43. The Kier molecular flexibility index (Phi) is 10.6. The molecule has 0 saturated carbocycles. The first-order valence-electron chi connectivity index (χ1n) is 16.9. The summed E-state index contributed by atoms with van der Waals surface area (Å²) in [6.45, 7) is 4.00. The third kappa shape index (κ3) is 7.39. The number of fused-ring (bicyclic) bond motifs is 1. The van der Waals surface area contributed by atoms with Crippen molar-refractivity contribution in [1.82, 2.24) is 29.7 Å². The van der Waals surface area contributed by atoms with Crippen molar-refractivity contribution in [2.45, 2.75) is 43.8 Å². The summed E-state index contributed by atoms with van der Waals surface area (Å²) in [4.78, 5) is 42.1. The van der Waals surface area contributed by atoms with E-state index >= 15 is 0 Å². The first-order chi connectivity index (χ1) is 25.7. The molecule has 1 saturated heterocycles. The average molecular weight is 704 g/mol. The predicted octanol–water partition coefficient (Wildman–Crippen LogP) is 4.89. The Hall–Kier alpha value is -6.35. The zero-order chi connectivity index (χ0) is 35.7. The normalized spacial score (nSPS) is 18.3. The number of imidazole rings is 1. The van der Waals surface area contributed by atoms with Gasteiger partial charge < -0.3 is 34.7 Å². The van der Waals surface area contributed by atoms with Gasteiger partial charge in [0.2, 0.25) is 5.95 Å². The van der Waals surface area contributed by atoms with E-state index in [2.05, 4.69) is 50.4 Å². The minimum atomic E-state index is -1.08. The number of benzene rings is 2. The van der Waals surface area contributed by atoms with Crippen molar-refractivity contribution in [1.29, 1.82) is 0 Å². The van der Waals surface area contributed by atoms with E-state index in [0.717, 1.165) is 16.9 Å². The van der Waals surface area contributed by atoms with E-state index in [0.29, 0.717) is 66.9 Å². The van der Waals surface area contributed by atoms with Crippen LogP contribution in [0.15, 0.2) is 102 Å². The standard InChI is InChI=1S/C37H37N9O6/c1-2-26-19-28(52-45-26)31-32(49-22-47)33(50-23-48)36(51-31)46-21-42-30-34(41-20-27(24-11-5-3-6-12-24)25-13-7-4-8-14-25)43-37(44-35(30)46)40-18-17-39-29-15-9-10-16-38-29/h3-16,19,21-23,27,31-33,36H,2,17-18,20H2,1H3,(H,38,39)(H2,40,41,43,44)/t31-,32-,33-,36-/m1/s1. The van der Waals surface area contributed by atoms with Crippen molar-refractivity contribution >= 4 is 41.7 Å². The summed E-state index contributed by atoms with van der Waals surface area (Å²) < 4.78 is 24.6. The summed E-state index contributed by atoms with van der Waals surface area (Å²) in [7, 11) is 0. The molecular weight excluding hydrogens is 666 g/mol. The second-order valence-electron chi connectivity index (χ2n) is 12.0. The van der Waals surface area contributed by atoms with Gasteiger partial charge in [-0.05, 0) is 29.7 Å². The maximum absolute atomic E-state index is 11.8. The van der Waals surface area contributed by atoms with Gasteiger partial charge in [-0.15, -0.1) is 0 Å². The van der Waals surface area contributed by atoms with Crippen LogP contribution < -0.4 is 16.0 Å². The van der Waals surface area contributed by atoms with Crippen LogP contribution in [0.5, 0.6) is 0 Å². The van der Waals surface area contributed by atoms with Crippen LogP contribution in [-0.2, 0) is 30.2 Å². The first kappa shape index (κ1) is 34.1. The van der Waals surface area contributed by atoms with Crippen LogP contribution in [0.1, 0.15) is 47.8 Å². The summed E-state index contributed by atoms with van der Waals surface area (Å²) in [5.74, 6) is 1.86. The minimum absolute atomic E-state index is 0.00561. The summed E-state index contributed by atoms with van der Waals surface area (Å²) in [6, 6.07) is 27.8. The lowest BCUT2D eigenvalue weighted by atomic mass is 9.91. The third-order valence-corrected chi connectivity index (χ3v) is 8.79. The molecule has 0 radical (unpaired) electrons. The molecule has 1 aliphatic rings. The number of nitrogens with one attached hydrogen (secondary N) is 3. The zero-order valence-corrected chi connectivity index (χ0v) is 28.2. The summed E-state index contributed by atoms with van der Waals surface area (Å²) >= 11 is 0. The van der Waals surface area contributed by atoms with Gasteiger partial charge in [0, 0.05) is 37.8 Å². The molecule has 15 nitrogen and oxygen atoms in total. The molecule has 4 aromatic heterocycles. The summed E-state index contributed by atoms with van der Waals surface area (Å²) in [5, 5.41) is 14.2. The quantitative estimate of drug-likeness (QED) is 0.0863. The minimum Gasteiger partial charge on any atom is -0.457 e. The molecule has 52 heavy (non-hydrogen) atoms. The van der Waals surface area contributed by atoms with Gasteiger partial charge in [-0.3, -0.25) is 14.2 Å². The molecule has 1 aliphatic heterocycles. The monoisotopic (exact) mass is 703 g/mol. The lowest BCUT2D eigenvalue weighted by molar-refractivity contribution is -0.151. The van der Waals surface area contributed by atoms with Gasteiger partial charge in [-0.2, -0.15) is 9.97 Å².